The maximum absolute atomic E-state index is 6.32. The predicted molar refractivity (Wildman–Crippen MR) is 113 cm³/mol. The van der Waals surface area contributed by atoms with E-state index in [1.54, 1.807) is 7.11 Å². The Labute approximate surface area is 168 Å². The number of unbranched alkanes of at least 4 members (excludes halogenated alkanes) is 3. The average Bonchev–Trinajstić information content (AvgIpc) is 2.66. The highest BCUT2D eigenvalue weighted by Crippen LogP contribution is 2.22. The van der Waals surface area contributed by atoms with Crippen molar-refractivity contribution in [1.82, 2.24) is 0 Å². The summed E-state index contributed by atoms with van der Waals surface area (Å²) < 4.78 is 23.6. The molecule has 0 spiro atoms. The van der Waals surface area contributed by atoms with Crippen molar-refractivity contribution in [2.24, 2.45) is 11.8 Å². The lowest BCUT2D eigenvalue weighted by Gasteiger charge is -2.34. The molecule has 0 aromatic rings. The second-order valence-electron chi connectivity index (χ2n) is 7.33. The molecule has 0 radical (unpaired) electrons. The molecule has 0 bridgehead atoms. The van der Waals surface area contributed by atoms with Crippen LogP contribution in [0.3, 0.4) is 0 Å². The molecule has 4 nitrogen and oxygen atoms in total. The Hall–Kier alpha value is -0.600. The minimum atomic E-state index is -0.0532. The van der Waals surface area contributed by atoms with Crippen LogP contribution in [0.5, 0.6) is 0 Å². The maximum Gasteiger partial charge on any atom is 0.107 e. The van der Waals surface area contributed by atoms with E-state index in [1.807, 2.05) is 0 Å². The molecule has 0 unspecified atom stereocenters. The van der Waals surface area contributed by atoms with Crippen molar-refractivity contribution in [3.8, 4) is 11.8 Å². The first-order valence-corrected chi connectivity index (χ1v) is 10.9. The van der Waals surface area contributed by atoms with Crippen molar-refractivity contribution in [1.29, 1.82) is 0 Å². The summed E-state index contributed by atoms with van der Waals surface area (Å²) in [5.41, 5.74) is 0. The van der Waals surface area contributed by atoms with Crippen molar-refractivity contribution in [3.05, 3.63) is 0 Å². The van der Waals surface area contributed by atoms with Crippen LogP contribution < -0.4 is 0 Å². The second-order valence-corrected chi connectivity index (χ2v) is 7.33. The standard InChI is InChI=1S/C23H44O4/c1-7-10-16-25-19-21(5)23(27-18-12-9-3)22(26-17-11-8-2)20(4)14-13-15-24-6/h20-23H,7-12,15-19H2,1-6H3/t20-,21+,22-,23-/m1/s1. The third-order valence-electron chi connectivity index (χ3n) is 4.56. The molecule has 0 aliphatic rings. The first-order valence-electron chi connectivity index (χ1n) is 10.9. The highest BCUT2D eigenvalue weighted by atomic mass is 16.5. The first kappa shape index (κ1) is 26.4. The fourth-order valence-corrected chi connectivity index (χ4v) is 2.80. The lowest BCUT2D eigenvalue weighted by Crippen LogP contribution is -2.43. The van der Waals surface area contributed by atoms with Gasteiger partial charge in [-0.25, -0.2) is 0 Å². The average molecular weight is 385 g/mol. The van der Waals surface area contributed by atoms with E-state index in [1.165, 1.54) is 0 Å². The van der Waals surface area contributed by atoms with Crippen LogP contribution in [0.4, 0.5) is 0 Å². The molecule has 4 atom stereocenters. The molecule has 0 fully saturated rings. The Morgan fingerprint density at radius 3 is 1.89 bits per heavy atom. The van der Waals surface area contributed by atoms with Crippen molar-refractivity contribution in [2.45, 2.75) is 85.4 Å². The Bertz CT molecular complexity index is 374. The van der Waals surface area contributed by atoms with Crippen molar-refractivity contribution < 1.29 is 18.9 Å². The van der Waals surface area contributed by atoms with Gasteiger partial charge in [0, 0.05) is 38.8 Å². The predicted octanol–water partition coefficient (Wildman–Crippen LogP) is 5.10. The largest absolute Gasteiger partial charge is 0.381 e. The molecule has 0 aromatic carbocycles. The van der Waals surface area contributed by atoms with Crippen molar-refractivity contribution >= 4 is 0 Å². The van der Waals surface area contributed by atoms with E-state index in [9.17, 15) is 0 Å². The molecule has 160 valence electrons. The smallest absolute Gasteiger partial charge is 0.107 e. The molecular weight excluding hydrogens is 340 g/mol. The molecule has 0 amide bonds. The molecule has 0 aliphatic heterocycles. The Morgan fingerprint density at radius 1 is 0.778 bits per heavy atom. The van der Waals surface area contributed by atoms with Crippen molar-refractivity contribution in [2.75, 3.05) is 40.1 Å². The highest BCUT2D eigenvalue weighted by molar-refractivity contribution is 5.06. The number of hydrogen-bond acceptors (Lipinski definition) is 4. The normalized spacial score (nSPS) is 15.6. The van der Waals surface area contributed by atoms with Gasteiger partial charge in [-0.15, -0.1) is 0 Å². The molecule has 0 aromatic heterocycles. The Balaban J connectivity index is 5.10. The second kappa shape index (κ2) is 18.7. The van der Waals surface area contributed by atoms with Gasteiger partial charge < -0.3 is 18.9 Å². The molecule has 0 aliphatic carbocycles. The summed E-state index contributed by atoms with van der Waals surface area (Å²) in [6, 6.07) is 0. The highest BCUT2D eigenvalue weighted by Gasteiger charge is 2.32. The fourth-order valence-electron chi connectivity index (χ4n) is 2.80. The van der Waals surface area contributed by atoms with E-state index < -0.39 is 0 Å². The van der Waals surface area contributed by atoms with E-state index >= 15 is 0 Å². The molecule has 0 saturated carbocycles. The quantitative estimate of drug-likeness (QED) is 0.258. The summed E-state index contributed by atoms with van der Waals surface area (Å²) in [4.78, 5) is 0. The summed E-state index contributed by atoms with van der Waals surface area (Å²) in [7, 11) is 1.67. The van der Waals surface area contributed by atoms with Gasteiger partial charge in [0.15, 0.2) is 0 Å². The third kappa shape index (κ3) is 13.2. The van der Waals surface area contributed by atoms with E-state index in [0.717, 1.165) is 58.3 Å². The topological polar surface area (TPSA) is 36.9 Å². The number of ether oxygens (including phenoxy) is 4. The molecular formula is C23H44O4. The van der Waals surface area contributed by atoms with Gasteiger partial charge in [0.1, 0.15) is 6.61 Å². The summed E-state index contributed by atoms with van der Waals surface area (Å²) in [5, 5.41) is 0. The van der Waals surface area contributed by atoms with Crippen LogP contribution in [-0.4, -0.2) is 52.4 Å². The van der Waals surface area contributed by atoms with Crippen LogP contribution in [0.15, 0.2) is 0 Å². The van der Waals surface area contributed by atoms with Gasteiger partial charge in [0.2, 0.25) is 0 Å². The van der Waals surface area contributed by atoms with Gasteiger partial charge >= 0.3 is 0 Å². The zero-order chi connectivity index (χ0) is 20.3. The van der Waals surface area contributed by atoms with E-state index in [4.69, 9.17) is 18.9 Å². The number of hydrogen-bond donors (Lipinski definition) is 0. The maximum atomic E-state index is 6.32. The van der Waals surface area contributed by atoms with Crippen LogP contribution in [0.1, 0.15) is 73.1 Å². The molecule has 0 heterocycles. The third-order valence-corrected chi connectivity index (χ3v) is 4.56. The minimum Gasteiger partial charge on any atom is -0.381 e. The molecule has 0 N–H and O–H groups in total. The molecule has 27 heavy (non-hydrogen) atoms. The molecule has 0 saturated heterocycles. The van der Waals surface area contributed by atoms with Crippen LogP contribution >= 0.6 is 0 Å². The fraction of sp³-hybridized carbons (Fsp3) is 0.913. The Morgan fingerprint density at radius 2 is 1.33 bits per heavy atom. The van der Waals surface area contributed by atoms with Gasteiger partial charge in [-0.2, -0.15) is 0 Å². The Kier molecular flexibility index (Phi) is 18.3. The van der Waals surface area contributed by atoms with Gasteiger partial charge in [0.05, 0.1) is 18.8 Å². The zero-order valence-electron chi connectivity index (χ0n) is 18.7. The van der Waals surface area contributed by atoms with Gasteiger partial charge in [-0.05, 0) is 26.2 Å². The number of methoxy groups -OCH3 is 1. The van der Waals surface area contributed by atoms with Gasteiger partial charge in [-0.1, -0.05) is 58.8 Å². The van der Waals surface area contributed by atoms with E-state index in [0.29, 0.717) is 13.2 Å². The monoisotopic (exact) mass is 384 g/mol. The lowest BCUT2D eigenvalue weighted by molar-refractivity contribution is -0.119. The summed E-state index contributed by atoms with van der Waals surface area (Å²) in [6.07, 6.45) is 6.54. The van der Waals surface area contributed by atoms with Crippen LogP contribution in [0.25, 0.3) is 0 Å². The summed E-state index contributed by atoms with van der Waals surface area (Å²) in [5.74, 6) is 6.73. The number of rotatable bonds is 17. The molecule has 4 heteroatoms. The zero-order valence-corrected chi connectivity index (χ0v) is 18.7. The summed E-state index contributed by atoms with van der Waals surface area (Å²) >= 11 is 0. The van der Waals surface area contributed by atoms with Crippen LogP contribution in [0.2, 0.25) is 0 Å². The van der Waals surface area contributed by atoms with Gasteiger partial charge in [0.25, 0.3) is 0 Å². The lowest BCUT2D eigenvalue weighted by atomic mass is 9.91. The first-order chi connectivity index (χ1) is 13.1. The van der Waals surface area contributed by atoms with Crippen LogP contribution in [0, 0.1) is 23.7 Å². The van der Waals surface area contributed by atoms with Crippen LogP contribution in [-0.2, 0) is 18.9 Å². The van der Waals surface area contributed by atoms with Gasteiger partial charge in [-0.3, -0.25) is 0 Å². The van der Waals surface area contributed by atoms with E-state index in [2.05, 4.69) is 46.5 Å². The van der Waals surface area contributed by atoms with Crippen molar-refractivity contribution in [3.63, 3.8) is 0 Å². The minimum absolute atomic E-state index is 0.0122. The molecule has 0 rings (SSSR count). The SMILES string of the molecule is CCCCOC[C@H](C)[C@@H](OCCCC)[C@H](OCCCC)[C@H](C)C#CCOC. The summed E-state index contributed by atoms with van der Waals surface area (Å²) in [6.45, 7) is 14.3. The van der Waals surface area contributed by atoms with E-state index in [-0.39, 0.29) is 24.0 Å².